The third-order valence-corrected chi connectivity index (χ3v) is 2.94. The highest BCUT2D eigenvalue weighted by atomic mass is 32.2. The number of hydrogen-bond donors (Lipinski definition) is 0. The molecule has 10 heavy (non-hydrogen) atoms. The van der Waals surface area contributed by atoms with Crippen molar-refractivity contribution in [2.75, 3.05) is 5.75 Å². The Morgan fingerprint density at radius 3 is 3.50 bits per heavy atom. The van der Waals surface area contributed by atoms with Crippen LogP contribution in [-0.4, -0.2) is 5.75 Å². The second kappa shape index (κ2) is 2.67. The van der Waals surface area contributed by atoms with Crippen LogP contribution in [0.25, 0.3) is 0 Å². The first-order valence-corrected chi connectivity index (χ1v) is 4.57. The summed E-state index contributed by atoms with van der Waals surface area (Å²) >= 11 is 1.88. The fourth-order valence-electron chi connectivity index (χ4n) is 1.23. The van der Waals surface area contributed by atoms with Crippen LogP contribution in [0.15, 0.2) is 29.1 Å². The molecule has 0 N–H and O–H groups in total. The highest BCUT2D eigenvalue weighted by molar-refractivity contribution is 7.99. The number of benzene rings is 1. The molecule has 1 heterocycles. The SMILES string of the molecule is [2H]c1ccc2c(c1)SCCC2. The third-order valence-electron chi connectivity index (χ3n) is 1.76. The zero-order chi connectivity index (χ0) is 7.68. The van der Waals surface area contributed by atoms with Crippen LogP contribution in [0.3, 0.4) is 0 Å². The summed E-state index contributed by atoms with van der Waals surface area (Å²) in [7, 11) is 0. The summed E-state index contributed by atoms with van der Waals surface area (Å²) < 4.78 is 7.42. The van der Waals surface area contributed by atoms with E-state index in [1.165, 1.54) is 29.1 Å². The van der Waals surface area contributed by atoms with E-state index >= 15 is 0 Å². The van der Waals surface area contributed by atoms with E-state index in [-0.39, 0.29) is 0 Å². The summed E-state index contributed by atoms with van der Waals surface area (Å²) in [4.78, 5) is 1.32. The van der Waals surface area contributed by atoms with Gasteiger partial charge in [0.2, 0.25) is 0 Å². The van der Waals surface area contributed by atoms with Gasteiger partial charge in [-0.3, -0.25) is 0 Å². The van der Waals surface area contributed by atoms with Gasteiger partial charge in [-0.1, -0.05) is 18.2 Å². The first-order valence-electron chi connectivity index (χ1n) is 4.08. The molecule has 1 aliphatic rings. The Kier molecular flexibility index (Phi) is 1.40. The van der Waals surface area contributed by atoms with E-state index in [0.29, 0.717) is 6.04 Å². The van der Waals surface area contributed by atoms with Crippen LogP contribution in [0.1, 0.15) is 13.4 Å². The van der Waals surface area contributed by atoms with E-state index < -0.39 is 0 Å². The van der Waals surface area contributed by atoms with E-state index in [0.717, 1.165) is 0 Å². The Labute approximate surface area is 67.0 Å². The topological polar surface area (TPSA) is 0 Å². The van der Waals surface area contributed by atoms with Gasteiger partial charge in [-0.05, 0) is 30.2 Å². The fourth-order valence-corrected chi connectivity index (χ4v) is 2.25. The maximum atomic E-state index is 7.42. The molecule has 0 saturated heterocycles. The molecular weight excluding hydrogens is 140 g/mol. The summed E-state index contributed by atoms with van der Waals surface area (Å²) in [6.07, 6.45) is 2.48. The van der Waals surface area contributed by atoms with Crippen molar-refractivity contribution in [2.45, 2.75) is 17.7 Å². The standard InChI is InChI=1S/C9H10S/c1-2-6-9-8(4-1)5-3-7-10-9/h1-2,4,6H,3,5,7H2/i2D. The van der Waals surface area contributed by atoms with Gasteiger partial charge in [-0.25, -0.2) is 0 Å². The molecule has 0 aliphatic carbocycles. The van der Waals surface area contributed by atoms with Crippen molar-refractivity contribution in [1.29, 1.82) is 0 Å². The molecule has 1 aliphatic heterocycles. The second-order valence-electron chi connectivity index (χ2n) is 2.49. The van der Waals surface area contributed by atoms with Crippen LogP contribution in [0.5, 0.6) is 0 Å². The average molecular weight is 151 g/mol. The normalized spacial score (nSPS) is 17.8. The van der Waals surface area contributed by atoms with Crippen LogP contribution in [0.2, 0.25) is 0 Å². The highest BCUT2D eigenvalue weighted by Crippen LogP contribution is 2.28. The minimum absolute atomic E-state index is 0.637. The monoisotopic (exact) mass is 151 g/mol. The van der Waals surface area contributed by atoms with E-state index in [1.807, 2.05) is 23.9 Å². The number of fused-ring (bicyclic) bond motifs is 1. The molecule has 0 saturated carbocycles. The number of aryl methyl sites for hydroxylation is 1. The molecule has 0 atom stereocenters. The zero-order valence-corrected chi connectivity index (χ0v) is 6.58. The van der Waals surface area contributed by atoms with Crippen molar-refractivity contribution in [2.24, 2.45) is 0 Å². The number of thioether (sulfide) groups is 1. The molecule has 1 aromatic carbocycles. The molecule has 1 aromatic rings. The fraction of sp³-hybridized carbons (Fsp3) is 0.333. The number of rotatable bonds is 0. The van der Waals surface area contributed by atoms with Gasteiger partial charge >= 0.3 is 0 Å². The first kappa shape index (κ1) is 5.25. The molecule has 0 bridgehead atoms. The summed E-state index contributed by atoms with van der Waals surface area (Å²) in [6, 6.07) is 6.58. The zero-order valence-electron chi connectivity index (χ0n) is 6.76. The summed E-state index contributed by atoms with van der Waals surface area (Å²) in [5.74, 6) is 1.22. The molecule has 52 valence electrons. The molecule has 0 radical (unpaired) electrons. The van der Waals surface area contributed by atoms with Gasteiger partial charge in [0.1, 0.15) is 0 Å². The summed E-state index contributed by atoms with van der Waals surface area (Å²) in [6.45, 7) is 0. The molecule has 2 rings (SSSR count). The molecule has 0 spiro atoms. The van der Waals surface area contributed by atoms with Gasteiger partial charge < -0.3 is 0 Å². The Balaban J connectivity index is 2.43. The predicted octanol–water partition coefficient (Wildman–Crippen LogP) is 2.72. The van der Waals surface area contributed by atoms with Crippen molar-refractivity contribution >= 4 is 11.8 Å². The minimum Gasteiger partial charge on any atom is -0.126 e. The van der Waals surface area contributed by atoms with Gasteiger partial charge in [-0.15, -0.1) is 11.8 Å². The van der Waals surface area contributed by atoms with Gasteiger partial charge in [0.15, 0.2) is 0 Å². The molecule has 0 amide bonds. The predicted molar refractivity (Wildman–Crippen MR) is 45.5 cm³/mol. The smallest absolute Gasteiger partial charge is 0.0623 e. The van der Waals surface area contributed by atoms with Crippen LogP contribution >= 0.6 is 11.8 Å². The van der Waals surface area contributed by atoms with Crippen molar-refractivity contribution in [1.82, 2.24) is 0 Å². The lowest BCUT2D eigenvalue weighted by Gasteiger charge is -2.13. The molecule has 1 heteroatoms. The van der Waals surface area contributed by atoms with E-state index in [2.05, 4.69) is 6.07 Å². The van der Waals surface area contributed by atoms with Crippen LogP contribution in [-0.2, 0) is 6.42 Å². The lowest BCUT2D eigenvalue weighted by Crippen LogP contribution is -1.96. The highest BCUT2D eigenvalue weighted by Gasteiger charge is 2.06. The Bertz CT molecular complexity index is 270. The van der Waals surface area contributed by atoms with Crippen molar-refractivity contribution in [3.8, 4) is 0 Å². The van der Waals surface area contributed by atoms with Gasteiger partial charge in [0.05, 0.1) is 1.37 Å². The molecule has 0 unspecified atom stereocenters. The Morgan fingerprint density at radius 1 is 1.50 bits per heavy atom. The van der Waals surface area contributed by atoms with E-state index in [4.69, 9.17) is 1.37 Å². The Hall–Kier alpha value is -0.430. The first-order chi connectivity index (χ1) is 5.36. The quantitative estimate of drug-likeness (QED) is 0.549. The van der Waals surface area contributed by atoms with E-state index in [9.17, 15) is 0 Å². The van der Waals surface area contributed by atoms with E-state index in [1.54, 1.807) is 0 Å². The second-order valence-corrected chi connectivity index (χ2v) is 3.62. The van der Waals surface area contributed by atoms with Gasteiger partial charge in [0.25, 0.3) is 0 Å². The van der Waals surface area contributed by atoms with Gasteiger partial charge in [0, 0.05) is 4.90 Å². The van der Waals surface area contributed by atoms with Gasteiger partial charge in [-0.2, -0.15) is 0 Å². The lowest BCUT2D eigenvalue weighted by molar-refractivity contribution is 0.890. The number of hydrogen-bond acceptors (Lipinski definition) is 1. The largest absolute Gasteiger partial charge is 0.126 e. The van der Waals surface area contributed by atoms with Crippen LogP contribution in [0.4, 0.5) is 0 Å². The Morgan fingerprint density at radius 2 is 2.50 bits per heavy atom. The molecule has 0 fully saturated rings. The van der Waals surface area contributed by atoms with Crippen molar-refractivity contribution in [3.63, 3.8) is 0 Å². The van der Waals surface area contributed by atoms with Crippen LogP contribution < -0.4 is 0 Å². The van der Waals surface area contributed by atoms with Crippen LogP contribution in [0, 0.1) is 0 Å². The molecule has 0 nitrogen and oxygen atoms in total. The maximum absolute atomic E-state index is 7.42. The third kappa shape index (κ3) is 1.06. The molecular formula is C9H10S. The van der Waals surface area contributed by atoms with Crippen molar-refractivity contribution < 1.29 is 1.37 Å². The lowest BCUT2D eigenvalue weighted by atomic mass is 10.1. The van der Waals surface area contributed by atoms with Crippen molar-refractivity contribution in [3.05, 3.63) is 29.8 Å². The summed E-state index contributed by atoms with van der Waals surface area (Å²) in [5, 5.41) is 0. The maximum Gasteiger partial charge on any atom is 0.0623 e. The average Bonchev–Trinajstić information content (AvgIpc) is 2.04. The minimum atomic E-state index is 0.637. The molecule has 0 aromatic heterocycles. The summed E-state index contributed by atoms with van der Waals surface area (Å²) in [5.41, 5.74) is 1.43.